The molecule has 4 aromatic rings. The minimum absolute atomic E-state index is 0.226. The number of rotatable bonds is 3. The van der Waals surface area contributed by atoms with Crippen molar-refractivity contribution in [2.45, 2.75) is 6.61 Å². The molecule has 0 amide bonds. The van der Waals surface area contributed by atoms with Crippen LogP contribution in [0.4, 0.5) is 8.78 Å². The van der Waals surface area contributed by atoms with Gasteiger partial charge in [0.1, 0.15) is 5.69 Å². The first kappa shape index (κ1) is 15.5. The molecule has 0 unspecified atom stereocenters. The van der Waals surface area contributed by atoms with Gasteiger partial charge in [-0.2, -0.15) is 0 Å². The minimum Gasteiger partial charge on any atom is -0.391 e. The fourth-order valence-corrected chi connectivity index (χ4v) is 2.96. The zero-order valence-corrected chi connectivity index (χ0v) is 13.0. The van der Waals surface area contributed by atoms with E-state index < -0.39 is 11.6 Å². The Morgan fingerprint density at radius 2 is 1.72 bits per heavy atom. The molecule has 4 rings (SSSR count). The van der Waals surface area contributed by atoms with Gasteiger partial charge < -0.3 is 9.63 Å². The molecule has 3 nitrogen and oxygen atoms in total. The van der Waals surface area contributed by atoms with Crippen LogP contribution in [0, 0.1) is 11.6 Å². The van der Waals surface area contributed by atoms with Crippen LogP contribution in [0.25, 0.3) is 33.4 Å². The molecule has 0 aliphatic carbocycles. The summed E-state index contributed by atoms with van der Waals surface area (Å²) in [6.45, 7) is -0.337. The molecule has 124 valence electrons. The van der Waals surface area contributed by atoms with Crippen molar-refractivity contribution >= 4 is 10.8 Å². The first-order valence-corrected chi connectivity index (χ1v) is 7.72. The van der Waals surface area contributed by atoms with Crippen LogP contribution in [0.5, 0.6) is 0 Å². The van der Waals surface area contributed by atoms with Crippen molar-refractivity contribution in [1.29, 1.82) is 0 Å². The summed E-state index contributed by atoms with van der Waals surface area (Å²) in [5.41, 5.74) is 2.04. The molecule has 25 heavy (non-hydrogen) atoms. The van der Waals surface area contributed by atoms with Crippen LogP contribution in [0.1, 0.15) is 5.56 Å². The maximum absolute atomic E-state index is 13.5. The fourth-order valence-electron chi connectivity index (χ4n) is 2.96. The average Bonchev–Trinajstić information content (AvgIpc) is 3.07. The Kier molecular flexibility index (Phi) is 3.78. The first-order chi connectivity index (χ1) is 12.2. The standard InChI is InChI=1S/C20H13F2NO2/c21-17-9-8-13(10-18(17)22)20-16(11-24)19(23-25-20)15-7-3-5-12-4-1-2-6-14(12)15/h1-10,24H,11H2. The van der Waals surface area contributed by atoms with Gasteiger partial charge in [0, 0.05) is 11.1 Å². The van der Waals surface area contributed by atoms with Gasteiger partial charge in [-0.3, -0.25) is 0 Å². The number of hydrogen-bond acceptors (Lipinski definition) is 3. The Bertz CT molecular complexity index is 1070. The second-order valence-corrected chi connectivity index (χ2v) is 5.65. The van der Waals surface area contributed by atoms with Gasteiger partial charge >= 0.3 is 0 Å². The SMILES string of the molecule is OCc1c(-c2cccc3ccccc23)noc1-c1ccc(F)c(F)c1. The van der Waals surface area contributed by atoms with E-state index in [1.807, 2.05) is 42.5 Å². The maximum atomic E-state index is 13.5. The van der Waals surface area contributed by atoms with Crippen molar-refractivity contribution in [3.8, 4) is 22.6 Å². The number of aromatic nitrogens is 1. The van der Waals surface area contributed by atoms with Gasteiger partial charge in [0.05, 0.1) is 12.2 Å². The van der Waals surface area contributed by atoms with Gasteiger partial charge in [0.25, 0.3) is 0 Å². The van der Waals surface area contributed by atoms with Crippen molar-refractivity contribution < 1.29 is 18.4 Å². The molecule has 1 N–H and O–H groups in total. The summed E-state index contributed by atoms with van der Waals surface area (Å²) < 4.78 is 32.1. The molecule has 0 atom stereocenters. The van der Waals surface area contributed by atoms with Gasteiger partial charge in [-0.15, -0.1) is 0 Å². The highest BCUT2D eigenvalue weighted by Crippen LogP contribution is 2.36. The molecule has 0 fully saturated rings. The summed E-state index contributed by atoms with van der Waals surface area (Å²) in [6, 6.07) is 17.0. The van der Waals surface area contributed by atoms with E-state index in [4.69, 9.17) is 4.52 Å². The summed E-state index contributed by atoms with van der Waals surface area (Å²) in [5, 5.41) is 15.9. The third-order valence-corrected chi connectivity index (χ3v) is 4.17. The molecule has 0 saturated carbocycles. The highest BCUT2D eigenvalue weighted by Gasteiger charge is 2.20. The Labute approximate surface area is 142 Å². The van der Waals surface area contributed by atoms with E-state index in [9.17, 15) is 13.9 Å². The highest BCUT2D eigenvalue weighted by atomic mass is 19.2. The van der Waals surface area contributed by atoms with Crippen LogP contribution in [0.15, 0.2) is 65.2 Å². The van der Waals surface area contributed by atoms with Crippen molar-refractivity contribution in [3.63, 3.8) is 0 Å². The van der Waals surface area contributed by atoms with E-state index >= 15 is 0 Å². The predicted octanol–water partition coefficient (Wildman–Crippen LogP) is 4.93. The minimum atomic E-state index is -0.982. The number of aliphatic hydroxyl groups is 1. The van der Waals surface area contributed by atoms with Gasteiger partial charge in [-0.25, -0.2) is 8.78 Å². The predicted molar refractivity (Wildman–Crippen MR) is 90.7 cm³/mol. The molecule has 0 bridgehead atoms. The molecule has 0 saturated heterocycles. The molecule has 0 aliphatic rings. The van der Waals surface area contributed by atoms with E-state index in [1.165, 1.54) is 6.07 Å². The molecule has 0 radical (unpaired) electrons. The zero-order chi connectivity index (χ0) is 17.4. The average molecular weight is 337 g/mol. The normalized spacial score (nSPS) is 11.2. The van der Waals surface area contributed by atoms with Gasteiger partial charge in [-0.05, 0) is 29.0 Å². The van der Waals surface area contributed by atoms with E-state index in [0.29, 0.717) is 16.8 Å². The lowest BCUT2D eigenvalue weighted by atomic mass is 9.98. The van der Waals surface area contributed by atoms with Gasteiger partial charge in [0.15, 0.2) is 17.4 Å². The van der Waals surface area contributed by atoms with Crippen molar-refractivity contribution in [2.75, 3.05) is 0 Å². The van der Waals surface area contributed by atoms with Crippen molar-refractivity contribution in [2.24, 2.45) is 0 Å². The lowest BCUT2D eigenvalue weighted by molar-refractivity contribution is 0.281. The van der Waals surface area contributed by atoms with Crippen LogP contribution in [0.2, 0.25) is 0 Å². The number of hydrogen-bond donors (Lipinski definition) is 1. The quantitative estimate of drug-likeness (QED) is 0.576. The molecule has 5 heteroatoms. The third-order valence-electron chi connectivity index (χ3n) is 4.17. The molecular weight excluding hydrogens is 324 g/mol. The van der Waals surface area contributed by atoms with Crippen molar-refractivity contribution in [1.82, 2.24) is 5.16 Å². The lowest BCUT2D eigenvalue weighted by Crippen LogP contribution is -1.91. The molecule has 1 heterocycles. The number of benzene rings is 3. The molecular formula is C20H13F2NO2. The Morgan fingerprint density at radius 3 is 2.52 bits per heavy atom. The summed E-state index contributed by atoms with van der Waals surface area (Å²) in [4.78, 5) is 0. The summed E-state index contributed by atoms with van der Waals surface area (Å²) in [7, 11) is 0. The van der Waals surface area contributed by atoms with Crippen LogP contribution < -0.4 is 0 Å². The van der Waals surface area contributed by atoms with Crippen LogP contribution >= 0.6 is 0 Å². The summed E-state index contributed by atoms with van der Waals surface area (Å²) in [5.74, 6) is -1.70. The van der Waals surface area contributed by atoms with Crippen LogP contribution in [0.3, 0.4) is 0 Å². The third kappa shape index (κ3) is 2.58. The zero-order valence-electron chi connectivity index (χ0n) is 13.0. The Balaban J connectivity index is 1.92. The van der Waals surface area contributed by atoms with E-state index in [0.717, 1.165) is 28.5 Å². The topological polar surface area (TPSA) is 46.3 Å². The van der Waals surface area contributed by atoms with E-state index in [-0.39, 0.29) is 12.4 Å². The molecule has 0 aliphatic heterocycles. The molecule has 1 aromatic heterocycles. The highest BCUT2D eigenvalue weighted by molar-refractivity contribution is 5.97. The largest absolute Gasteiger partial charge is 0.391 e. The van der Waals surface area contributed by atoms with Crippen LogP contribution in [-0.4, -0.2) is 10.3 Å². The van der Waals surface area contributed by atoms with E-state index in [1.54, 1.807) is 0 Å². The van der Waals surface area contributed by atoms with E-state index in [2.05, 4.69) is 5.16 Å². The molecule has 0 spiro atoms. The summed E-state index contributed by atoms with van der Waals surface area (Å²) in [6.07, 6.45) is 0. The van der Waals surface area contributed by atoms with Crippen LogP contribution in [-0.2, 0) is 6.61 Å². The molecule has 3 aromatic carbocycles. The number of aliphatic hydroxyl groups excluding tert-OH is 1. The maximum Gasteiger partial charge on any atom is 0.173 e. The number of halogens is 2. The second kappa shape index (κ2) is 6.11. The second-order valence-electron chi connectivity index (χ2n) is 5.65. The number of fused-ring (bicyclic) bond motifs is 1. The Morgan fingerprint density at radius 1 is 0.920 bits per heavy atom. The summed E-state index contributed by atoms with van der Waals surface area (Å²) >= 11 is 0. The Hall–Kier alpha value is -3.05. The monoisotopic (exact) mass is 337 g/mol. The lowest BCUT2D eigenvalue weighted by Gasteiger charge is -2.05. The first-order valence-electron chi connectivity index (χ1n) is 7.72. The van der Waals surface area contributed by atoms with Gasteiger partial charge in [-0.1, -0.05) is 47.6 Å². The smallest absolute Gasteiger partial charge is 0.173 e. The number of nitrogens with zero attached hydrogens (tertiary/aromatic N) is 1. The fraction of sp³-hybridized carbons (Fsp3) is 0.0500. The van der Waals surface area contributed by atoms with Crippen molar-refractivity contribution in [3.05, 3.63) is 77.9 Å². The van der Waals surface area contributed by atoms with Gasteiger partial charge in [0.2, 0.25) is 0 Å².